The lowest BCUT2D eigenvalue weighted by Gasteiger charge is -2.28. The molecule has 0 spiro atoms. The standard InChI is InChI=1S/C28H43N3O4S2/c1-28(2,3)16-24(32)31-14-15-37-27(31)26(34)30-23(19-36-18-21-8-6-5-7-9-21)25(33)29-17-20-10-12-22(35-4)13-11-20/h10-13,21,23,27H,5-9,14-19H2,1-4H3,(H,29,33)(H,30,34). The van der Waals surface area contributed by atoms with Crippen molar-refractivity contribution in [1.82, 2.24) is 15.5 Å². The highest BCUT2D eigenvalue weighted by Crippen LogP contribution is 2.29. The molecule has 0 aromatic heterocycles. The molecular formula is C28H43N3O4S2. The Morgan fingerprint density at radius 1 is 1.14 bits per heavy atom. The van der Waals surface area contributed by atoms with Gasteiger partial charge in [-0.05, 0) is 47.6 Å². The maximum atomic E-state index is 13.3. The first-order valence-corrected chi connectivity index (χ1v) is 15.6. The Labute approximate surface area is 230 Å². The van der Waals surface area contributed by atoms with Crippen molar-refractivity contribution in [3.8, 4) is 5.75 Å². The number of hydrogen-bond acceptors (Lipinski definition) is 6. The van der Waals surface area contributed by atoms with Crippen LogP contribution < -0.4 is 15.4 Å². The molecule has 3 rings (SSSR count). The van der Waals surface area contributed by atoms with E-state index in [0.717, 1.165) is 22.8 Å². The third-order valence-corrected chi connectivity index (χ3v) is 9.22. The van der Waals surface area contributed by atoms with Gasteiger partial charge in [-0.2, -0.15) is 11.8 Å². The van der Waals surface area contributed by atoms with Crippen LogP contribution in [0.3, 0.4) is 0 Å². The van der Waals surface area contributed by atoms with Crippen molar-refractivity contribution in [3.63, 3.8) is 0 Å². The Bertz CT molecular complexity index is 898. The van der Waals surface area contributed by atoms with Gasteiger partial charge in [-0.3, -0.25) is 14.4 Å². The number of ether oxygens (including phenoxy) is 1. The lowest BCUT2D eigenvalue weighted by atomic mass is 9.91. The highest BCUT2D eigenvalue weighted by molar-refractivity contribution is 8.00. The predicted octanol–water partition coefficient (Wildman–Crippen LogP) is 4.45. The van der Waals surface area contributed by atoms with Crippen LogP contribution in [-0.2, 0) is 20.9 Å². The van der Waals surface area contributed by atoms with Crippen LogP contribution in [0.25, 0.3) is 0 Å². The first-order chi connectivity index (χ1) is 17.7. The van der Waals surface area contributed by atoms with Gasteiger partial charge in [0.25, 0.3) is 5.91 Å². The number of thioether (sulfide) groups is 2. The van der Waals surface area contributed by atoms with Crippen LogP contribution in [-0.4, -0.2) is 65.0 Å². The summed E-state index contributed by atoms with van der Waals surface area (Å²) in [5, 5.41) is 5.40. The molecule has 7 nitrogen and oxygen atoms in total. The largest absolute Gasteiger partial charge is 0.497 e. The molecule has 0 bridgehead atoms. The van der Waals surface area contributed by atoms with Crippen LogP contribution in [0.2, 0.25) is 0 Å². The van der Waals surface area contributed by atoms with Crippen molar-refractivity contribution in [2.75, 3.05) is 30.9 Å². The molecule has 2 unspecified atom stereocenters. The number of rotatable bonds is 11. The van der Waals surface area contributed by atoms with E-state index < -0.39 is 11.4 Å². The Hall–Kier alpha value is -1.87. The van der Waals surface area contributed by atoms with E-state index in [4.69, 9.17) is 4.74 Å². The molecule has 2 fully saturated rings. The zero-order valence-electron chi connectivity index (χ0n) is 22.7. The van der Waals surface area contributed by atoms with Gasteiger partial charge in [0.1, 0.15) is 11.8 Å². The van der Waals surface area contributed by atoms with Crippen LogP contribution in [0.1, 0.15) is 64.9 Å². The number of hydrogen-bond donors (Lipinski definition) is 2. The molecule has 37 heavy (non-hydrogen) atoms. The van der Waals surface area contributed by atoms with Crippen LogP contribution in [0.5, 0.6) is 5.75 Å². The SMILES string of the molecule is COc1ccc(CNC(=O)C(CSCC2CCCCC2)NC(=O)C2SCCN2C(=O)CC(C)(C)C)cc1. The molecule has 9 heteroatoms. The third kappa shape index (κ3) is 9.74. The van der Waals surface area contributed by atoms with Gasteiger partial charge in [0.15, 0.2) is 5.37 Å². The van der Waals surface area contributed by atoms with Crippen molar-refractivity contribution in [1.29, 1.82) is 0 Å². The predicted molar refractivity (Wildman–Crippen MR) is 153 cm³/mol. The molecule has 1 saturated carbocycles. The number of methoxy groups -OCH3 is 1. The molecule has 2 aliphatic rings. The fraction of sp³-hybridized carbons (Fsp3) is 0.679. The molecule has 1 aliphatic heterocycles. The summed E-state index contributed by atoms with van der Waals surface area (Å²) in [4.78, 5) is 41.1. The summed E-state index contributed by atoms with van der Waals surface area (Å²) in [5.41, 5.74) is 0.810. The van der Waals surface area contributed by atoms with E-state index in [1.165, 1.54) is 43.9 Å². The average molecular weight is 550 g/mol. The molecule has 1 aromatic carbocycles. The van der Waals surface area contributed by atoms with E-state index in [-0.39, 0.29) is 23.1 Å². The maximum Gasteiger partial charge on any atom is 0.253 e. The van der Waals surface area contributed by atoms with Crippen molar-refractivity contribution in [3.05, 3.63) is 29.8 Å². The summed E-state index contributed by atoms with van der Waals surface area (Å²) < 4.78 is 5.20. The van der Waals surface area contributed by atoms with Gasteiger partial charge in [-0.25, -0.2) is 0 Å². The molecule has 1 aliphatic carbocycles. The van der Waals surface area contributed by atoms with Crippen LogP contribution in [0.15, 0.2) is 24.3 Å². The number of amides is 3. The van der Waals surface area contributed by atoms with Gasteiger partial charge in [-0.15, -0.1) is 11.8 Å². The molecule has 0 radical (unpaired) electrons. The number of nitrogens with one attached hydrogen (secondary N) is 2. The minimum absolute atomic E-state index is 0.00942. The molecule has 1 aromatic rings. The minimum Gasteiger partial charge on any atom is -0.497 e. The zero-order valence-corrected chi connectivity index (χ0v) is 24.3. The summed E-state index contributed by atoms with van der Waals surface area (Å²) in [5.74, 6) is 3.23. The molecule has 1 heterocycles. The average Bonchev–Trinajstić information content (AvgIpc) is 3.37. The molecule has 1 saturated heterocycles. The molecule has 2 atom stereocenters. The molecular weight excluding hydrogens is 506 g/mol. The van der Waals surface area contributed by atoms with E-state index in [1.54, 1.807) is 23.8 Å². The molecule has 3 amide bonds. The second kappa shape index (κ2) is 14.3. The van der Waals surface area contributed by atoms with Crippen molar-refractivity contribution >= 4 is 41.2 Å². The Morgan fingerprint density at radius 2 is 1.84 bits per heavy atom. The Kier molecular flexibility index (Phi) is 11.5. The lowest BCUT2D eigenvalue weighted by molar-refractivity contribution is -0.138. The van der Waals surface area contributed by atoms with Gasteiger partial charge in [-0.1, -0.05) is 52.2 Å². The van der Waals surface area contributed by atoms with Crippen LogP contribution in [0.4, 0.5) is 0 Å². The Morgan fingerprint density at radius 3 is 2.49 bits per heavy atom. The monoisotopic (exact) mass is 549 g/mol. The van der Waals surface area contributed by atoms with Gasteiger partial charge >= 0.3 is 0 Å². The zero-order chi connectivity index (χ0) is 26.8. The summed E-state index contributed by atoms with van der Waals surface area (Å²) >= 11 is 3.21. The van der Waals surface area contributed by atoms with Crippen LogP contribution in [0, 0.1) is 11.3 Å². The van der Waals surface area contributed by atoms with E-state index in [2.05, 4.69) is 10.6 Å². The van der Waals surface area contributed by atoms with Gasteiger partial charge in [0.2, 0.25) is 11.8 Å². The third-order valence-electron chi connectivity index (χ3n) is 6.74. The summed E-state index contributed by atoms with van der Waals surface area (Å²) in [7, 11) is 1.62. The van der Waals surface area contributed by atoms with Gasteiger partial charge in [0, 0.05) is 31.0 Å². The summed E-state index contributed by atoms with van der Waals surface area (Å²) in [6.45, 7) is 7.00. The topological polar surface area (TPSA) is 87.7 Å². The van der Waals surface area contributed by atoms with Crippen molar-refractivity contribution in [2.45, 2.75) is 77.3 Å². The number of benzene rings is 1. The second-order valence-corrected chi connectivity index (χ2v) is 13.5. The first-order valence-electron chi connectivity index (χ1n) is 13.4. The summed E-state index contributed by atoms with van der Waals surface area (Å²) in [6.07, 6.45) is 6.77. The van der Waals surface area contributed by atoms with Crippen molar-refractivity contribution < 1.29 is 19.1 Å². The quantitative estimate of drug-likeness (QED) is 0.424. The highest BCUT2D eigenvalue weighted by atomic mass is 32.2. The normalized spacial score (nSPS) is 19.4. The van der Waals surface area contributed by atoms with E-state index >= 15 is 0 Å². The van der Waals surface area contributed by atoms with Gasteiger partial charge in [0.05, 0.1) is 7.11 Å². The fourth-order valence-corrected chi connectivity index (χ4v) is 7.11. The van der Waals surface area contributed by atoms with Gasteiger partial charge < -0.3 is 20.3 Å². The number of carbonyl (C=O) groups excluding carboxylic acids is 3. The first kappa shape index (κ1) is 29.7. The number of nitrogens with zero attached hydrogens (tertiary/aromatic N) is 1. The maximum absolute atomic E-state index is 13.3. The van der Waals surface area contributed by atoms with Crippen LogP contribution >= 0.6 is 23.5 Å². The minimum atomic E-state index is -0.653. The van der Waals surface area contributed by atoms with E-state index in [9.17, 15) is 14.4 Å². The van der Waals surface area contributed by atoms with E-state index in [0.29, 0.717) is 31.2 Å². The van der Waals surface area contributed by atoms with E-state index in [1.807, 2.05) is 45.0 Å². The highest BCUT2D eigenvalue weighted by Gasteiger charge is 2.37. The molecule has 2 N–H and O–H groups in total. The Balaban J connectivity index is 1.61. The fourth-order valence-electron chi connectivity index (χ4n) is 4.69. The molecule has 206 valence electrons. The smallest absolute Gasteiger partial charge is 0.253 e. The second-order valence-electron chi connectivity index (χ2n) is 11.2. The summed E-state index contributed by atoms with van der Waals surface area (Å²) in [6, 6.07) is 6.90. The van der Waals surface area contributed by atoms with Crippen molar-refractivity contribution in [2.24, 2.45) is 11.3 Å². The number of carbonyl (C=O) groups is 3. The lowest BCUT2D eigenvalue weighted by Crippen LogP contribution is -2.53.